The molecule has 5 heteroatoms. The fourth-order valence-electron chi connectivity index (χ4n) is 1.45. The third-order valence-electron chi connectivity index (χ3n) is 2.06. The first-order valence-corrected chi connectivity index (χ1v) is 5.86. The summed E-state index contributed by atoms with van der Waals surface area (Å²) in [5.74, 6) is 3.89. The van der Waals surface area contributed by atoms with Crippen molar-refractivity contribution in [1.29, 1.82) is 0 Å². The first-order valence-electron chi connectivity index (χ1n) is 4.01. The summed E-state index contributed by atoms with van der Waals surface area (Å²) in [4.78, 5) is 0. The average Bonchev–Trinajstić information content (AvgIpc) is 2.05. The topological polar surface area (TPSA) is 75.7 Å². The molecule has 0 spiro atoms. The average molecular weight is 210 g/mol. The first-order chi connectivity index (χ1) is 6.49. The number of phenols is 1. The summed E-state index contributed by atoms with van der Waals surface area (Å²) >= 11 is 0. The van der Waals surface area contributed by atoms with Crippen LogP contribution >= 0.6 is 0 Å². The second-order valence-corrected chi connectivity index (χ2v) is 5.21. The van der Waals surface area contributed by atoms with Crippen LogP contribution in [-0.2, 0) is 15.5 Å². The molecule has 0 radical (unpaired) electrons. The zero-order valence-corrected chi connectivity index (χ0v) is 8.25. The molecule has 0 amide bonds. The molecule has 0 aliphatic carbocycles. The van der Waals surface area contributed by atoms with E-state index >= 15 is 0 Å². The number of amidine groups is 1. The highest BCUT2D eigenvalue weighted by molar-refractivity contribution is 7.98. The molecule has 0 fully saturated rings. The molecule has 1 aliphatic heterocycles. The van der Waals surface area contributed by atoms with Gasteiger partial charge in [-0.3, -0.25) is 0 Å². The number of benzene rings is 1. The molecule has 3 N–H and O–H groups in total. The number of fused-ring (bicyclic) bond motifs is 1. The number of hydrogen-bond acceptors (Lipinski definition) is 3. The Bertz CT molecular complexity index is 518. The number of nitrogens with zero attached hydrogens (tertiary/aromatic N) is 1. The Morgan fingerprint density at radius 3 is 3.00 bits per heavy atom. The van der Waals surface area contributed by atoms with Crippen LogP contribution in [0.15, 0.2) is 22.6 Å². The van der Waals surface area contributed by atoms with Crippen molar-refractivity contribution in [3.8, 4) is 5.75 Å². The molecule has 1 atom stereocenters. The summed E-state index contributed by atoms with van der Waals surface area (Å²) in [5.41, 5.74) is 6.83. The first kappa shape index (κ1) is 9.08. The maximum Gasteiger partial charge on any atom is 0.141 e. The van der Waals surface area contributed by atoms with E-state index in [1.165, 1.54) is 6.07 Å². The third kappa shape index (κ3) is 1.35. The van der Waals surface area contributed by atoms with E-state index in [0.29, 0.717) is 11.1 Å². The molecule has 1 aliphatic rings. The highest BCUT2D eigenvalue weighted by atomic mass is 32.2. The minimum atomic E-state index is -2.56. The predicted molar refractivity (Wildman–Crippen MR) is 57.8 cm³/mol. The highest BCUT2D eigenvalue weighted by Crippen LogP contribution is 2.27. The maximum absolute atomic E-state index is 11.6. The summed E-state index contributed by atoms with van der Waals surface area (Å²) in [6.45, 7) is 0. The van der Waals surface area contributed by atoms with Crippen molar-refractivity contribution in [3.63, 3.8) is 0 Å². The smallest absolute Gasteiger partial charge is 0.141 e. The number of hydrogen-bond donors (Lipinski definition) is 2. The van der Waals surface area contributed by atoms with E-state index in [-0.39, 0.29) is 17.3 Å². The van der Waals surface area contributed by atoms with Crippen LogP contribution in [0.3, 0.4) is 0 Å². The van der Waals surface area contributed by atoms with E-state index in [2.05, 4.69) is 10.3 Å². The SMILES string of the molecule is C=S1(=O)Cc2c(O)cccc2C(N)=N1. The number of aromatic hydroxyl groups is 1. The minimum absolute atomic E-state index is 0.0942. The lowest BCUT2D eigenvalue weighted by Crippen LogP contribution is -2.23. The Balaban J connectivity index is 2.74. The Kier molecular flexibility index (Phi) is 1.78. The Labute approximate surface area is 82.2 Å². The van der Waals surface area contributed by atoms with Crippen LogP contribution in [0.4, 0.5) is 0 Å². The monoisotopic (exact) mass is 210 g/mol. The van der Waals surface area contributed by atoms with Crippen molar-refractivity contribution in [3.05, 3.63) is 29.3 Å². The van der Waals surface area contributed by atoms with E-state index in [9.17, 15) is 9.32 Å². The van der Waals surface area contributed by atoms with E-state index in [1.54, 1.807) is 12.1 Å². The summed E-state index contributed by atoms with van der Waals surface area (Å²) in [6.07, 6.45) is 0. The molecule has 4 nitrogen and oxygen atoms in total. The molecule has 1 heterocycles. The molecule has 0 saturated carbocycles. The quantitative estimate of drug-likeness (QED) is 0.602. The number of rotatable bonds is 0. The fourth-order valence-corrected chi connectivity index (χ4v) is 2.73. The van der Waals surface area contributed by atoms with Crippen LogP contribution in [0.1, 0.15) is 11.1 Å². The van der Waals surface area contributed by atoms with Crippen molar-refractivity contribution in [2.45, 2.75) is 5.75 Å². The normalized spacial score (nSPS) is 25.3. The van der Waals surface area contributed by atoms with Gasteiger partial charge in [-0.25, -0.2) is 4.21 Å². The predicted octanol–water partition coefficient (Wildman–Crippen LogP) is 0.243. The molecule has 2 rings (SSSR count). The lowest BCUT2D eigenvalue weighted by atomic mass is 10.1. The highest BCUT2D eigenvalue weighted by Gasteiger charge is 2.20. The van der Waals surface area contributed by atoms with Gasteiger partial charge in [0.15, 0.2) is 0 Å². The Morgan fingerprint density at radius 1 is 1.57 bits per heavy atom. The van der Waals surface area contributed by atoms with Crippen molar-refractivity contribution in [1.82, 2.24) is 0 Å². The molecular formula is C9H10N2O2S. The summed E-state index contributed by atoms with van der Waals surface area (Å²) in [6, 6.07) is 4.95. The Hall–Kier alpha value is -1.49. The van der Waals surface area contributed by atoms with Crippen LogP contribution in [0.5, 0.6) is 5.75 Å². The zero-order chi connectivity index (χ0) is 10.3. The van der Waals surface area contributed by atoms with Crippen LogP contribution in [0.25, 0.3) is 0 Å². The Morgan fingerprint density at radius 2 is 2.29 bits per heavy atom. The van der Waals surface area contributed by atoms with E-state index in [0.717, 1.165) is 0 Å². The van der Waals surface area contributed by atoms with Gasteiger partial charge in [-0.05, 0) is 11.9 Å². The maximum atomic E-state index is 11.6. The molecule has 0 bridgehead atoms. The van der Waals surface area contributed by atoms with Gasteiger partial charge in [0.05, 0.1) is 15.5 Å². The van der Waals surface area contributed by atoms with Gasteiger partial charge in [0, 0.05) is 11.1 Å². The molecule has 1 aromatic carbocycles. The summed E-state index contributed by atoms with van der Waals surface area (Å²) in [7, 11) is -2.56. The zero-order valence-electron chi connectivity index (χ0n) is 7.43. The lowest BCUT2D eigenvalue weighted by molar-refractivity contribution is 0.470. The molecule has 1 unspecified atom stereocenters. The van der Waals surface area contributed by atoms with E-state index in [4.69, 9.17) is 5.73 Å². The molecular weight excluding hydrogens is 200 g/mol. The number of phenolic OH excluding ortho intramolecular Hbond substituents is 1. The van der Waals surface area contributed by atoms with E-state index in [1.807, 2.05) is 0 Å². The van der Waals surface area contributed by atoms with Crippen LogP contribution in [0, 0.1) is 0 Å². The van der Waals surface area contributed by atoms with Gasteiger partial charge in [0.25, 0.3) is 0 Å². The van der Waals surface area contributed by atoms with Crippen LogP contribution in [-0.4, -0.2) is 21.0 Å². The fraction of sp³-hybridized carbons (Fsp3) is 0.111. The van der Waals surface area contributed by atoms with Crippen LogP contribution < -0.4 is 5.73 Å². The molecule has 0 saturated heterocycles. The van der Waals surface area contributed by atoms with Gasteiger partial charge >= 0.3 is 0 Å². The summed E-state index contributed by atoms with van der Waals surface area (Å²) in [5, 5.41) is 9.54. The summed E-state index contributed by atoms with van der Waals surface area (Å²) < 4.78 is 15.4. The minimum Gasteiger partial charge on any atom is -0.508 e. The molecule has 74 valence electrons. The van der Waals surface area contributed by atoms with Crippen LogP contribution in [0.2, 0.25) is 0 Å². The van der Waals surface area contributed by atoms with Gasteiger partial charge in [-0.15, -0.1) is 0 Å². The number of nitrogens with two attached hydrogens (primary N) is 1. The standard InChI is InChI=1S/C9H10N2O2S/c1-14(13)5-7-6(9(10)11-14)3-2-4-8(7)12/h2-4,12H,1,5H2,(H2,10,11,13). The van der Waals surface area contributed by atoms with Gasteiger partial charge in [0.2, 0.25) is 0 Å². The van der Waals surface area contributed by atoms with Gasteiger partial charge < -0.3 is 10.8 Å². The van der Waals surface area contributed by atoms with Crippen molar-refractivity contribution >= 4 is 21.4 Å². The second-order valence-electron chi connectivity index (χ2n) is 3.20. The van der Waals surface area contributed by atoms with E-state index < -0.39 is 9.71 Å². The van der Waals surface area contributed by atoms with Gasteiger partial charge in [-0.2, -0.15) is 4.40 Å². The second kappa shape index (κ2) is 2.75. The van der Waals surface area contributed by atoms with Crippen molar-refractivity contribution in [2.24, 2.45) is 10.1 Å². The van der Waals surface area contributed by atoms with Gasteiger partial charge in [0.1, 0.15) is 11.6 Å². The molecule has 0 aromatic heterocycles. The van der Waals surface area contributed by atoms with Crippen molar-refractivity contribution in [2.75, 3.05) is 0 Å². The lowest BCUT2D eigenvalue weighted by Gasteiger charge is -2.17. The van der Waals surface area contributed by atoms with Gasteiger partial charge in [-0.1, -0.05) is 12.1 Å². The largest absolute Gasteiger partial charge is 0.508 e. The van der Waals surface area contributed by atoms with Crippen molar-refractivity contribution < 1.29 is 9.32 Å². The molecule has 14 heavy (non-hydrogen) atoms. The molecule has 1 aromatic rings. The third-order valence-corrected chi connectivity index (χ3v) is 3.33.